The van der Waals surface area contributed by atoms with Gasteiger partial charge in [-0.05, 0) is 20.8 Å². The summed E-state index contributed by atoms with van der Waals surface area (Å²) in [5.41, 5.74) is -0.209. The molecule has 0 aromatic carbocycles. The molecule has 0 saturated heterocycles. The van der Waals surface area contributed by atoms with Crippen molar-refractivity contribution in [3.63, 3.8) is 0 Å². The van der Waals surface area contributed by atoms with Crippen molar-refractivity contribution in [1.82, 2.24) is 5.32 Å². The fourth-order valence-electron chi connectivity index (χ4n) is 0.859. The second-order valence-electron chi connectivity index (χ2n) is 4.17. The molecule has 0 fully saturated rings. The van der Waals surface area contributed by atoms with Gasteiger partial charge in [0, 0.05) is 6.08 Å². The minimum Gasteiger partial charge on any atom is -0.495 e. The zero-order valence-corrected chi connectivity index (χ0v) is 10.7. The third kappa shape index (κ3) is 6.99. The summed E-state index contributed by atoms with van der Waals surface area (Å²) in [6, 6.07) is 0. The Bertz CT molecular complexity index is 340. The van der Waals surface area contributed by atoms with Crippen LogP contribution in [-0.2, 0) is 9.47 Å². The minimum atomic E-state index is -0.590. The van der Waals surface area contributed by atoms with E-state index in [4.69, 9.17) is 15.3 Å². The molecule has 0 radical (unpaired) electrons. The number of carbonyl (C=O) groups excluding carboxylic acids is 1. The number of methoxy groups -OCH3 is 1. The Hall–Kier alpha value is -1.98. The first kappa shape index (κ1) is 15.0. The maximum atomic E-state index is 11.5. The summed E-state index contributed by atoms with van der Waals surface area (Å²) in [4.78, 5) is 11.5. The molecular formula is C11H20N3O3+. The highest BCUT2D eigenvalue weighted by Gasteiger charge is 2.17. The van der Waals surface area contributed by atoms with Crippen LogP contribution in [-0.4, -0.2) is 25.0 Å². The molecule has 1 amide bonds. The maximum Gasteiger partial charge on any atom is 0.412 e. The number of nitrogens with one attached hydrogen (secondary N) is 2. The van der Waals surface area contributed by atoms with Crippen LogP contribution in [0.1, 0.15) is 20.8 Å². The number of amides is 1. The summed E-state index contributed by atoms with van der Waals surface area (Å²) in [5.74, 6) is 5.38. The van der Waals surface area contributed by atoms with E-state index in [1.165, 1.54) is 19.4 Å². The van der Waals surface area contributed by atoms with E-state index in [0.29, 0.717) is 11.5 Å². The number of rotatable bonds is 4. The molecule has 0 rings (SSSR count). The number of alkyl carbamates (subject to hydrolysis) is 1. The molecule has 0 saturated carbocycles. The van der Waals surface area contributed by atoms with Crippen molar-refractivity contribution in [2.24, 2.45) is 5.84 Å². The van der Waals surface area contributed by atoms with Gasteiger partial charge >= 0.3 is 6.09 Å². The van der Waals surface area contributed by atoms with Gasteiger partial charge in [0.1, 0.15) is 11.4 Å². The summed E-state index contributed by atoms with van der Waals surface area (Å²) < 4.78 is 10.0. The molecule has 17 heavy (non-hydrogen) atoms. The van der Waals surface area contributed by atoms with E-state index in [9.17, 15) is 4.79 Å². The van der Waals surface area contributed by atoms with Crippen LogP contribution in [0.25, 0.3) is 0 Å². The Labute approximate surface area is 101 Å². The third-order valence-corrected chi connectivity index (χ3v) is 1.53. The zero-order valence-electron chi connectivity index (χ0n) is 10.7. The number of hydrogen-bond donors (Lipinski definition) is 3. The quantitative estimate of drug-likeness (QED) is 0.205. The van der Waals surface area contributed by atoms with Gasteiger partial charge in [0.25, 0.3) is 0 Å². The van der Waals surface area contributed by atoms with Gasteiger partial charge in [-0.3, -0.25) is 5.32 Å². The molecule has 6 nitrogen and oxygen atoms in total. The van der Waals surface area contributed by atoms with Crippen molar-refractivity contribution in [3.05, 3.63) is 24.1 Å². The van der Waals surface area contributed by atoms with Crippen LogP contribution < -0.4 is 16.3 Å². The van der Waals surface area contributed by atoms with Gasteiger partial charge in [-0.15, -0.1) is 5.10 Å². The normalized spacial score (nSPS) is 12.4. The van der Waals surface area contributed by atoms with E-state index in [1.54, 1.807) is 20.8 Å². The number of carbonyl (C=O) groups is 1. The number of hydrazone groups is 1. The number of nitrogens with two attached hydrogens (primary N) is 1. The van der Waals surface area contributed by atoms with Crippen molar-refractivity contribution in [2.45, 2.75) is 26.4 Å². The Balaban J connectivity index is 4.66. The van der Waals surface area contributed by atoms with Crippen LogP contribution in [0.4, 0.5) is 4.79 Å². The van der Waals surface area contributed by atoms with Crippen LogP contribution in [0.2, 0.25) is 0 Å². The average molecular weight is 242 g/mol. The van der Waals surface area contributed by atoms with E-state index in [0.717, 1.165) is 0 Å². The Kier molecular flexibility index (Phi) is 5.80. The molecule has 0 unspecified atom stereocenters. The lowest BCUT2D eigenvalue weighted by Crippen LogP contribution is -2.76. The lowest BCUT2D eigenvalue weighted by molar-refractivity contribution is -0.463. The highest BCUT2D eigenvalue weighted by molar-refractivity contribution is 5.75. The van der Waals surface area contributed by atoms with E-state index in [-0.39, 0.29) is 0 Å². The molecule has 4 N–H and O–H groups in total. The highest BCUT2D eigenvalue weighted by atomic mass is 16.6. The van der Waals surface area contributed by atoms with Crippen molar-refractivity contribution in [3.8, 4) is 0 Å². The van der Waals surface area contributed by atoms with Crippen molar-refractivity contribution in [1.29, 1.82) is 0 Å². The molecule has 0 atom stereocenters. The van der Waals surface area contributed by atoms with Crippen LogP contribution in [0.5, 0.6) is 0 Å². The predicted molar refractivity (Wildman–Crippen MR) is 64.8 cm³/mol. The van der Waals surface area contributed by atoms with Crippen LogP contribution >= 0.6 is 0 Å². The average Bonchev–Trinajstić information content (AvgIpc) is 2.20. The molecule has 0 bridgehead atoms. The third-order valence-electron chi connectivity index (χ3n) is 1.53. The zero-order chi connectivity index (χ0) is 13.5. The second kappa shape index (κ2) is 6.57. The van der Waals surface area contributed by atoms with Crippen molar-refractivity contribution >= 4 is 12.3 Å². The minimum absolute atomic E-state index is 0.294. The first-order valence-electron chi connectivity index (χ1n) is 5.03. The van der Waals surface area contributed by atoms with E-state index >= 15 is 0 Å². The van der Waals surface area contributed by atoms with E-state index < -0.39 is 11.7 Å². The molecule has 0 spiro atoms. The summed E-state index contributed by atoms with van der Waals surface area (Å²) in [7, 11) is 1.45. The molecule has 6 heteroatoms. The standard InChI is InChI=1S/C11H19N3O3/c1-8(16-5)9(6-7-13-12)14-10(15)17-11(2,3)4/h6-7H,1,12H2,2-5H3,(H,14,15)/p+1/b9-6+,13-7+. The van der Waals surface area contributed by atoms with Gasteiger partial charge < -0.3 is 9.47 Å². The van der Waals surface area contributed by atoms with Gasteiger partial charge in [-0.2, -0.15) is 0 Å². The molecule has 0 aliphatic rings. The lowest BCUT2D eigenvalue weighted by atomic mass is 10.2. The smallest absolute Gasteiger partial charge is 0.412 e. The number of allylic oxidation sites excluding steroid dienone is 1. The van der Waals surface area contributed by atoms with Crippen molar-refractivity contribution < 1.29 is 19.4 Å². The topological polar surface area (TPSA) is 87.5 Å². The van der Waals surface area contributed by atoms with Crippen molar-refractivity contribution in [2.75, 3.05) is 7.11 Å². The van der Waals surface area contributed by atoms with Gasteiger partial charge in [0.15, 0.2) is 6.21 Å². The van der Waals surface area contributed by atoms with Gasteiger partial charge in [-0.25, -0.2) is 10.6 Å². The van der Waals surface area contributed by atoms with E-state index in [2.05, 4.69) is 17.0 Å². The lowest BCUT2D eigenvalue weighted by Gasteiger charge is -2.20. The highest BCUT2D eigenvalue weighted by Crippen LogP contribution is 2.09. The number of hydrogen-bond acceptors (Lipinski definition) is 4. The van der Waals surface area contributed by atoms with Crippen LogP contribution in [0.15, 0.2) is 24.1 Å². The molecule has 0 aromatic rings. The molecular weight excluding hydrogens is 222 g/mol. The van der Waals surface area contributed by atoms with Gasteiger partial charge in [-0.1, -0.05) is 6.58 Å². The molecule has 0 aliphatic heterocycles. The van der Waals surface area contributed by atoms with Gasteiger partial charge in [0.2, 0.25) is 0 Å². The summed E-state index contributed by atoms with van der Waals surface area (Å²) in [5, 5.41) is 4.82. The number of ether oxygens (including phenoxy) is 2. The summed E-state index contributed by atoms with van der Waals surface area (Å²) >= 11 is 0. The first-order valence-corrected chi connectivity index (χ1v) is 5.03. The Morgan fingerprint density at radius 3 is 2.47 bits per heavy atom. The summed E-state index contributed by atoms with van der Waals surface area (Å²) in [6.45, 7) is 8.94. The first-order chi connectivity index (χ1) is 7.80. The molecule has 96 valence electrons. The van der Waals surface area contributed by atoms with Crippen LogP contribution in [0.3, 0.4) is 0 Å². The predicted octanol–water partition coefficient (Wildman–Crippen LogP) is -0.420. The fourth-order valence-corrected chi connectivity index (χ4v) is 0.859. The van der Waals surface area contributed by atoms with Crippen LogP contribution in [0, 0.1) is 0 Å². The summed E-state index contributed by atoms with van der Waals surface area (Å²) in [6.07, 6.45) is 2.35. The second-order valence-corrected chi connectivity index (χ2v) is 4.17. The number of hydrazine groups is 1. The SMILES string of the molecule is C=C(OC)/C(=C\C=[NH+]\N)NC(=O)OC(C)(C)C. The Morgan fingerprint density at radius 1 is 1.47 bits per heavy atom. The monoisotopic (exact) mass is 242 g/mol. The van der Waals surface area contributed by atoms with E-state index in [1.807, 2.05) is 0 Å². The molecule has 0 heterocycles. The largest absolute Gasteiger partial charge is 0.495 e. The maximum absolute atomic E-state index is 11.5. The fraction of sp³-hybridized carbons (Fsp3) is 0.455. The molecule has 0 aromatic heterocycles. The molecule has 0 aliphatic carbocycles. The Morgan fingerprint density at radius 2 is 2.06 bits per heavy atom. The van der Waals surface area contributed by atoms with Gasteiger partial charge in [0.05, 0.1) is 12.8 Å².